The fraction of sp³-hybridized carbons (Fsp3) is 1.00. The van der Waals surface area contributed by atoms with Crippen molar-refractivity contribution in [3.8, 4) is 0 Å². The number of hydrogen-bond donors (Lipinski definition) is 1. The first-order valence-electron chi connectivity index (χ1n) is 18.6. The second-order valence-electron chi connectivity index (χ2n) is 14.6. The highest BCUT2D eigenvalue weighted by molar-refractivity contribution is 4.61. The Morgan fingerprint density at radius 2 is 0.878 bits per heavy atom. The van der Waals surface area contributed by atoms with E-state index >= 15 is 0 Å². The van der Waals surface area contributed by atoms with Crippen molar-refractivity contribution in [1.82, 2.24) is 0 Å². The smallest absolute Gasteiger partial charge is 0.104 e. The summed E-state index contributed by atoms with van der Waals surface area (Å²) in [6.45, 7) is 18.6. The SMILES string of the molecule is CCC[C@H](C)CCCCCCC[C@H](C)CCOC[C@@H](CO)OCC[C@H](C)CCC[C@H](C)CCCCCCCC(C)C. The first-order chi connectivity index (χ1) is 19.8. The van der Waals surface area contributed by atoms with Gasteiger partial charge < -0.3 is 14.6 Å². The highest BCUT2D eigenvalue weighted by Gasteiger charge is 2.11. The molecule has 0 amide bonds. The predicted octanol–water partition coefficient (Wildman–Crippen LogP) is 11.8. The van der Waals surface area contributed by atoms with E-state index in [0.717, 1.165) is 49.7 Å². The minimum Gasteiger partial charge on any atom is -0.394 e. The molecule has 0 aliphatic rings. The monoisotopic (exact) mass is 583 g/mol. The van der Waals surface area contributed by atoms with Crippen LogP contribution < -0.4 is 0 Å². The lowest BCUT2D eigenvalue weighted by molar-refractivity contribution is -0.0470. The summed E-state index contributed by atoms with van der Waals surface area (Å²) in [6, 6.07) is 0. The summed E-state index contributed by atoms with van der Waals surface area (Å²) in [4.78, 5) is 0. The lowest BCUT2D eigenvalue weighted by Gasteiger charge is -2.19. The summed E-state index contributed by atoms with van der Waals surface area (Å²) >= 11 is 0. The van der Waals surface area contributed by atoms with Gasteiger partial charge in [0.2, 0.25) is 0 Å². The first-order valence-corrected chi connectivity index (χ1v) is 18.6. The van der Waals surface area contributed by atoms with Gasteiger partial charge in [0.05, 0.1) is 13.2 Å². The van der Waals surface area contributed by atoms with Gasteiger partial charge in [0.25, 0.3) is 0 Å². The maximum atomic E-state index is 9.71. The molecular formula is C38H78O3. The van der Waals surface area contributed by atoms with Crippen LogP contribution in [0.25, 0.3) is 0 Å². The van der Waals surface area contributed by atoms with Crippen LogP contribution in [-0.4, -0.2) is 37.6 Å². The van der Waals surface area contributed by atoms with Crippen molar-refractivity contribution in [3.05, 3.63) is 0 Å². The molecule has 5 atom stereocenters. The van der Waals surface area contributed by atoms with Crippen molar-refractivity contribution >= 4 is 0 Å². The topological polar surface area (TPSA) is 38.7 Å². The minimum atomic E-state index is -0.178. The molecule has 0 aliphatic heterocycles. The third kappa shape index (κ3) is 29.7. The van der Waals surface area contributed by atoms with E-state index in [-0.39, 0.29) is 12.7 Å². The second kappa shape index (κ2) is 29.9. The molecule has 0 saturated heterocycles. The highest BCUT2D eigenvalue weighted by atomic mass is 16.5. The average molecular weight is 583 g/mol. The molecule has 41 heavy (non-hydrogen) atoms. The van der Waals surface area contributed by atoms with Crippen molar-refractivity contribution in [1.29, 1.82) is 0 Å². The van der Waals surface area contributed by atoms with Gasteiger partial charge in [0, 0.05) is 13.2 Å². The summed E-state index contributed by atoms with van der Waals surface area (Å²) < 4.78 is 11.9. The Morgan fingerprint density at radius 3 is 1.37 bits per heavy atom. The molecule has 0 aliphatic carbocycles. The molecule has 0 bridgehead atoms. The zero-order chi connectivity index (χ0) is 30.6. The molecule has 0 rings (SSSR count). The molecule has 0 heterocycles. The van der Waals surface area contributed by atoms with Gasteiger partial charge in [-0.2, -0.15) is 0 Å². The second-order valence-corrected chi connectivity index (χ2v) is 14.6. The maximum absolute atomic E-state index is 9.71. The van der Waals surface area contributed by atoms with Gasteiger partial charge >= 0.3 is 0 Å². The number of aliphatic hydroxyl groups is 1. The fourth-order valence-electron chi connectivity index (χ4n) is 6.07. The fourth-order valence-corrected chi connectivity index (χ4v) is 6.07. The van der Waals surface area contributed by atoms with E-state index in [4.69, 9.17) is 9.47 Å². The molecule has 0 aromatic heterocycles. The zero-order valence-electron chi connectivity index (χ0n) is 29.4. The van der Waals surface area contributed by atoms with Crippen LogP contribution in [0.3, 0.4) is 0 Å². The van der Waals surface area contributed by atoms with Crippen molar-refractivity contribution in [2.24, 2.45) is 29.6 Å². The number of rotatable bonds is 32. The average Bonchev–Trinajstić information content (AvgIpc) is 2.93. The van der Waals surface area contributed by atoms with Gasteiger partial charge in [-0.15, -0.1) is 0 Å². The van der Waals surface area contributed by atoms with E-state index in [9.17, 15) is 5.11 Å². The van der Waals surface area contributed by atoms with E-state index in [1.165, 1.54) is 122 Å². The van der Waals surface area contributed by atoms with E-state index < -0.39 is 0 Å². The Bertz CT molecular complexity index is 508. The van der Waals surface area contributed by atoms with Crippen LogP contribution in [0.1, 0.15) is 183 Å². The van der Waals surface area contributed by atoms with E-state index in [1.54, 1.807) is 0 Å². The Kier molecular flexibility index (Phi) is 29.8. The molecule has 248 valence electrons. The Hall–Kier alpha value is -0.120. The molecule has 0 fully saturated rings. The molecule has 0 spiro atoms. The third-order valence-corrected chi connectivity index (χ3v) is 9.27. The van der Waals surface area contributed by atoms with Crippen LogP contribution in [0.4, 0.5) is 0 Å². The summed E-state index contributed by atoms with van der Waals surface area (Å²) in [6.07, 6.45) is 28.3. The van der Waals surface area contributed by atoms with Crippen LogP contribution in [0.15, 0.2) is 0 Å². The molecular weight excluding hydrogens is 504 g/mol. The van der Waals surface area contributed by atoms with E-state index in [0.29, 0.717) is 12.5 Å². The van der Waals surface area contributed by atoms with E-state index in [1.807, 2.05) is 0 Å². The minimum absolute atomic E-state index is 0.0520. The van der Waals surface area contributed by atoms with Gasteiger partial charge in [0.1, 0.15) is 6.10 Å². The lowest BCUT2D eigenvalue weighted by atomic mass is 9.93. The van der Waals surface area contributed by atoms with Gasteiger partial charge in [-0.05, 0) is 42.4 Å². The normalized spacial score (nSPS) is 15.7. The van der Waals surface area contributed by atoms with Crippen molar-refractivity contribution in [3.63, 3.8) is 0 Å². The summed E-state index contributed by atoms with van der Waals surface area (Å²) in [5, 5.41) is 9.71. The van der Waals surface area contributed by atoms with Crippen LogP contribution in [-0.2, 0) is 9.47 Å². The molecule has 3 nitrogen and oxygen atoms in total. The van der Waals surface area contributed by atoms with Gasteiger partial charge in [-0.25, -0.2) is 0 Å². The third-order valence-electron chi connectivity index (χ3n) is 9.27. The van der Waals surface area contributed by atoms with Crippen molar-refractivity contribution < 1.29 is 14.6 Å². The Labute approximate surface area is 259 Å². The molecule has 3 heteroatoms. The Morgan fingerprint density at radius 1 is 0.463 bits per heavy atom. The predicted molar refractivity (Wildman–Crippen MR) is 182 cm³/mol. The largest absolute Gasteiger partial charge is 0.394 e. The number of unbranched alkanes of at least 4 members (excludes halogenated alkanes) is 8. The van der Waals surface area contributed by atoms with Crippen LogP contribution >= 0.6 is 0 Å². The lowest BCUT2D eigenvalue weighted by Crippen LogP contribution is -2.25. The number of hydrogen-bond acceptors (Lipinski definition) is 3. The first kappa shape index (κ1) is 40.9. The standard InChI is InChI=1S/C38H78O3/c1-8-20-34(4)22-16-13-10-14-18-24-36(6)27-29-40-32-38(31-39)41-30-28-37(7)26-19-25-35(5)23-17-12-9-11-15-21-33(2)3/h33-39H,8-32H2,1-7H3/t34-,35+,36-,37+,38+/m0/s1. The maximum Gasteiger partial charge on any atom is 0.104 e. The van der Waals surface area contributed by atoms with Crippen molar-refractivity contribution in [2.75, 3.05) is 26.4 Å². The molecule has 0 aromatic rings. The van der Waals surface area contributed by atoms with Crippen LogP contribution in [0, 0.1) is 29.6 Å². The van der Waals surface area contributed by atoms with E-state index in [2.05, 4.69) is 48.5 Å². The molecule has 0 radical (unpaired) electrons. The quantitative estimate of drug-likeness (QED) is 0.0802. The molecule has 0 unspecified atom stereocenters. The van der Waals surface area contributed by atoms with Gasteiger partial charge in [-0.3, -0.25) is 0 Å². The van der Waals surface area contributed by atoms with Gasteiger partial charge in [0.15, 0.2) is 0 Å². The number of ether oxygens (including phenoxy) is 2. The van der Waals surface area contributed by atoms with Crippen LogP contribution in [0.2, 0.25) is 0 Å². The van der Waals surface area contributed by atoms with Crippen LogP contribution in [0.5, 0.6) is 0 Å². The highest BCUT2D eigenvalue weighted by Crippen LogP contribution is 2.21. The zero-order valence-corrected chi connectivity index (χ0v) is 29.4. The summed E-state index contributed by atoms with van der Waals surface area (Å²) in [5.41, 5.74) is 0. The van der Waals surface area contributed by atoms with Crippen molar-refractivity contribution in [2.45, 2.75) is 189 Å². The van der Waals surface area contributed by atoms with Gasteiger partial charge in [-0.1, -0.05) is 170 Å². The molecule has 0 aromatic carbocycles. The molecule has 1 N–H and O–H groups in total. The number of aliphatic hydroxyl groups excluding tert-OH is 1. The summed E-state index contributed by atoms with van der Waals surface area (Å²) in [5.74, 6) is 4.05. The summed E-state index contributed by atoms with van der Waals surface area (Å²) in [7, 11) is 0. The Balaban J connectivity index is 3.63. The molecule has 0 saturated carbocycles.